The van der Waals surface area contributed by atoms with Gasteiger partial charge in [-0.2, -0.15) is 0 Å². The van der Waals surface area contributed by atoms with Gasteiger partial charge in [0.05, 0.1) is 16.2 Å². The van der Waals surface area contributed by atoms with E-state index in [1.165, 1.54) is 12.1 Å². The Morgan fingerprint density at radius 2 is 1.57 bits per heavy atom. The maximum Gasteiger partial charge on any atom is 0.271 e. The fraction of sp³-hybridized carbons (Fsp3) is 0.0909. The molecule has 0 spiro atoms. The second-order valence-corrected chi connectivity index (χ2v) is 6.70. The Morgan fingerprint density at radius 1 is 0.929 bits per heavy atom. The molecule has 0 radical (unpaired) electrons. The lowest BCUT2D eigenvalue weighted by atomic mass is 10.1. The van der Waals surface area contributed by atoms with E-state index in [4.69, 9.17) is 0 Å². The van der Waals surface area contributed by atoms with Gasteiger partial charge in [0, 0.05) is 34.6 Å². The number of allylic oxidation sites excluding steroid dienone is 1. The highest BCUT2D eigenvalue weighted by molar-refractivity contribution is 6.41. The molecule has 28 heavy (non-hydrogen) atoms. The molecule has 0 fully saturated rings. The summed E-state index contributed by atoms with van der Waals surface area (Å²) in [6, 6.07) is 15.0. The average molecular weight is 372 g/mol. The van der Waals surface area contributed by atoms with Crippen LogP contribution >= 0.6 is 0 Å². The summed E-state index contributed by atoms with van der Waals surface area (Å²) in [5.74, 6) is -0.554. The summed E-state index contributed by atoms with van der Waals surface area (Å²) < 4.78 is 1.87. The zero-order chi connectivity index (χ0) is 20.0. The Balaban J connectivity index is 1.80. The number of carbonyl (C=O) groups is 2. The summed E-state index contributed by atoms with van der Waals surface area (Å²) in [4.78, 5) is 35.9. The third-order valence-corrected chi connectivity index (χ3v) is 4.97. The molecule has 1 aromatic heterocycles. The van der Waals surface area contributed by atoms with Crippen LogP contribution in [0.4, 0.5) is 5.69 Å². The molecule has 2 aromatic carbocycles. The number of aryl methyl sites for hydroxylation is 1. The minimum atomic E-state index is -0.437. The van der Waals surface area contributed by atoms with E-state index in [9.17, 15) is 19.7 Å². The molecule has 0 atom stereocenters. The number of hydrogen-bond donors (Lipinski definition) is 0. The summed E-state index contributed by atoms with van der Waals surface area (Å²) >= 11 is 0. The fourth-order valence-corrected chi connectivity index (χ4v) is 3.64. The van der Waals surface area contributed by atoms with Crippen molar-refractivity contribution < 1.29 is 14.5 Å². The SMILES string of the molecule is Cc1cc(C=C2C(=O)c3ccccc3C2=O)c(C)n1-c1cccc([N+](=O)[O-])c1. The first-order valence-electron chi connectivity index (χ1n) is 8.72. The minimum absolute atomic E-state index is 0.00139. The first-order valence-corrected chi connectivity index (χ1v) is 8.72. The van der Waals surface area contributed by atoms with Gasteiger partial charge < -0.3 is 4.57 Å². The summed E-state index contributed by atoms with van der Waals surface area (Å²) in [5.41, 5.74) is 4.01. The lowest BCUT2D eigenvalue weighted by molar-refractivity contribution is -0.384. The van der Waals surface area contributed by atoms with Crippen molar-refractivity contribution in [3.05, 3.63) is 98.4 Å². The Morgan fingerprint density at radius 3 is 2.18 bits per heavy atom. The van der Waals surface area contributed by atoms with E-state index in [0.29, 0.717) is 16.8 Å². The molecule has 0 bridgehead atoms. The molecule has 3 aromatic rings. The van der Waals surface area contributed by atoms with Crippen LogP contribution in [0.25, 0.3) is 11.8 Å². The molecule has 6 heteroatoms. The first kappa shape index (κ1) is 17.6. The van der Waals surface area contributed by atoms with Crippen molar-refractivity contribution in [3.63, 3.8) is 0 Å². The van der Waals surface area contributed by atoms with Gasteiger partial charge in [-0.15, -0.1) is 0 Å². The molecule has 4 rings (SSSR count). The first-order chi connectivity index (χ1) is 13.4. The average Bonchev–Trinajstić information content (AvgIpc) is 3.10. The number of Topliss-reactive ketones (excluding diaryl/α,β-unsaturated/α-hetero) is 2. The van der Waals surface area contributed by atoms with Crippen molar-refractivity contribution in [2.75, 3.05) is 0 Å². The van der Waals surface area contributed by atoms with Gasteiger partial charge in [-0.05, 0) is 37.6 Å². The quantitative estimate of drug-likeness (QED) is 0.294. The third kappa shape index (κ3) is 2.66. The van der Waals surface area contributed by atoms with E-state index in [2.05, 4.69) is 0 Å². The topological polar surface area (TPSA) is 82.2 Å². The maximum atomic E-state index is 12.6. The molecule has 1 heterocycles. The van der Waals surface area contributed by atoms with Crippen LogP contribution in [-0.4, -0.2) is 21.1 Å². The second kappa shape index (κ2) is 6.42. The monoisotopic (exact) mass is 372 g/mol. The predicted molar refractivity (Wildman–Crippen MR) is 105 cm³/mol. The van der Waals surface area contributed by atoms with Crippen LogP contribution in [-0.2, 0) is 0 Å². The Labute approximate surface area is 160 Å². The molecular weight excluding hydrogens is 356 g/mol. The highest BCUT2D eigenvalue weighted by atomic mass is 16.6. The van der Waals surface area contributed by atoms with Crippen LogP contribution in [0.2, 0.25) is 0 Å². The number of carbonyl (C=O) groups excluding carboxylic acids is 2. The summed E-state index contributed by atoms with van der Waals surface area (Å²) in [5, 5.41) is 11.1. The summed E-state index contributed by atoms with van der Waals surface area (Å²) in [7, 11) is 0. The van der Waals surface area contributed by atoms with Gasteiger partial charge in [-0.25, -0.2) is 0 Å². The molecule has 1 aliphatic rings. The van der Waals surface area contributed by atoms with E-state index in [-0.39, 0.29) is 22.8 Å². The van der Waals surface area contributed by atoms with E-state index >= 15 is 0 Å². The van der Waals surface area contributed by atoms with E-state index in [1.54, 1.807) is 42.5 Å². The van der Waals surface area contributed by atoms with Crippen LogP contribution in [0.15, 0.2) is 60.2 Å². The number of non-ortho nitro benzene ring substituents is 1. The standard InChI is InChI=1S/C22H16N2O4/c1-13-10-15(11-20-21(25)18-8-3-4-9-19(18)22(20)26)14(2)23(13)16-6-5-7-17(12-16)24(27)28/h3-12H,1-2H3. The van der Waals surface area contributed by atoms with E-state index < -0.39 is 4.92 Å². The number of benzene rings is 2. The number of nitrogens with zero attached hydrogens (tertiary/aromatic N) is 2. The maximum absolute atomic E-state index is 12.6. The molecule has 0 saturated carbocycles. The van der Waals surface area contributed by atoms with Gasteiger partial charge in [0.25, 0.3) is 5.69 Å². The predicted octanol–water partition coefficient (Wildman–Crippen LogP) is 4.46. The highest BCUT2D eigenvalue weighted by Gasteiger charge is 2.32. The van der Waals surface area contributed by atoms with Gasteiger partial charge in [0.2, 0.25) is 0 Å². The molecule has 138 valence electrons. The van der Waals surface area contributed by atoms with Gasteiger partial charge >= 0.3 is 0 Å². The molecule has 0 saturated heterocycles. The molecule has 1 aliphatic carbocycles. The number of aromatic nitrogens is 1. The van der Waals surface area contributed by atoms with Crippen molar-refractivity contribution in [1.29, 1.82) is 0 Å². The van der Waals surface area contributed by atoms with Crippen LogP contribution in [0, 0.1) is 24.0 Å². The Kier molecular flexibility index (Phi) is 4.04. The molecule has 0 aliphatic heterocycles. The molecular formula is C22H16N2O4. The van der Waals surface area contributed by atoms with Gasteiger partial charge in [-0.1, -0.05) is 30.3 Å². The number of ketones is 2. The minimum Gasteiger partial charge on any atom is -0.318 e. The summed E-state index contributed by atoms with van der Waals surface area (Å²) in [6.07, 6.45) is 1.61. The number of fused-ring (bicyclic) bond motifs is 1. The third-order valence-electron chi connectivity index (χ3n) is 4.97. The summed E-state index contributed by atoms with van der Waals surface area (Å²) in [6.45, 7) is 3.73. The smallest absolute Gasteiger partial charge is 0.271 e. The molecule has 0 amide bonds. The Hall–Kier alpha value is -3.80. The molecule has 6 nitrogen and oxygen atoms in total. The fourth-order valence-electron chi connectivity index (χ4n) is 3.64. The van der Waals surface area contributed by atoms with Crippen LogP contribution in [0.3, 0.4) is 0 Å². The van der Waals surface area contributed by atoms with Crippen molar-refractivity contribution in [3.8, 4) is 5.69 Å². The van der Waals surface area contributed by atoms with Crippen molar-refractivity contribution >= 4 is 23.3 Å². The van der Waals surface area contributed by atoms with Crippen LogP contribution in [0.5, 0.6) is 0 Å². The van der Waals surface area contributed by atoms with Crippen molar-refractivity contribution in [2.24, 2.45) is 0 Å². The van der Waals surface area contributed by atoms with Crippen LogP contribution < -0.4 is 0 Å². The molecule has 0 unspecified atom stereocenters. The molecule has 0 N–H and O–H groups in total. The zero-order valence-electron chi connectivity index (χ0n) is 15.3. The van der Waals surface area contributed by atoms with Crippen LogP contribution in [0.1, 0.15) is 37.7 Å². The second-order valence-electron chi connectivity index (χ2n) is 6.70. The van der Waals surface area contributed by atoms with Gasteiger partial charge in [-0.3, -0.25) is 19.7 Å². The van der Waals surface area contributed by atoms with E-state index in [0.717, 1.165) is 17.0 Å². The van der Waals surface area contributed by atoms with Gasteiger partial charge in [0.15, 0.2) is 11.6 Å². The largest absolute Gasteiger partial charge is 0.318 e. The normalized spacial score (nSPS) is 13.0. The van der Waals surface area contributed by atoms with Crippen molar-refractivity contribution in [2.45, 2.75) is 13.8 Å². The lowest BCUT2D eigenvalue weighted by Crippen LogP contribution is -2.02. The number of hydrogen-bond acceptors (Lipinski definition) is 4. The highest BCUT2D eigenvalue weighted by Crippen LogP contribution is 2.30. The lowest BCUT2D eigenvalue weighted by Gasteiger charge is -2.09. The van der Waals surface area contributed by atoms with E-state index in [1.807, 2.05) is 24.5 Å². The van der Waals surface area contributed by atoms with Crippen molar-refractivity contribution in [1.82, 2.24) is 4.57 Å². The number of nitro groups is 1. The van der Waals surface area contributed by atoms with Gasteiger partial charge in [0.1, 0.15) is 0 Å². The number of rotatable bonds is 3. The Bertz CT molecular complexity index is 1160. The number of nitro benzene ring substituents is 1. The zero-order valence-corrected chi connectivity index (χ0v) is 15.3.